The summed E-state index contributed by atoms with van der Waals surface area (Å²) in [6.45, 7) is 0.476. The van der Waals surface area contributed by atoms with E-state index < -0.39 is 18.1 Å². The fraction of sp³-hybridized carbons (Fsp3) is 0.286. The number of carbonyl (C=O) groups is 2. The number of hydrogen-bond acceptors (Lipinski definition) is 4. The van der Waals surface area contributed by atoms with Crippen LogP contribution < -0.4 is 16.4 Å². The first-order valence-corrected chi connectivity index (χ1v) is 9.39. The van der Waals surface area contributed by atoms with Gasteiger partial charge in [-0.25, -0.2) is 9.59 Å². The molecule has 6 N–H and O–H groups in total. The Balaban J connectivity index is 0.00000320. The van der Waals surface area contributed by atoms with Gasteiger partial charge in [0, 0.05) is 12.5 Å². The second-order valence-electron chi connectivity index (χ2n) is 6.84. The molecule has 1 atom stereocenters. The molecule has 0 aromatic heterocycles. The van der Waals surface area contributed by atoms with Crippen molar-refractivity contribution < 1.29 is 19.4 Å². The van der Waals surface area contributed by atoms with Gasteiger partial charge >= 0.3 is 12.1 Å². The van der Waals surface area contributed by atoms with E-state index in [4.69, 9.17) is 15.9 Å². The maximum absolute atomic E-state index is 12.2. The van der Waals surface area contributed by atoms with E-state index >= 15 is 0 Å². The van der Waals surface area contributed by atoms with Crippen LogP contribution in [0.1, 0.15) is 29.9 Å². The number of nitrogens with two attached hydrogens (primary N) is 1. The van der Waals surface area contributed by atoms with Gasteiger partial charge < -0.3 is 26.2 Å². The molecular formula is C21H25ClN4O4. The van der Waals surface area contributed by atoms with Crippen molar-refractivity contribution in [3.8, 4) is 11.1 Å². The first-order chi connectivity index (χ1) is 14.0. The predicted molar refractivity (Wildman–Crippen MR) is 116 cm³/mol. The van der Waals surface area contributed by atoms with Crippen molar-refractivity contribution in [3.63, 3.8) is 0 Å². The summed E-state index contributed by atoms with van der Waals surface area (Å²) in [7, 11) is 0. The van der Waals surface area contributed by atoms with E-state index in [9.17, 15) is 14.7 Å². The van der Waals surface area contributed by atoms with Gasteiger partial charge in [-0.2, -0.15) is 0 Å². The van der Waals surface area contributed by atoms with Crippen LogP contribution in [-0.4, -0.2) is 42.3 Å². The topological polar surface area (TPSA) is 138 Å². The fourth-order valence-corrected chi connectivity index (χ4v) is 3.57. The predicted octanol–water partition coefficient (Wildman–Crippen LogP) is 2.66. The smallest absolute Gasteiger partial charge is 0.407 e. The van der Waals surface area contributed by atoms with Crippen molar-refractivity contribution in [1.29, 1.82) is 5.41 Å². The quantitative estimate of drug-likeness (QED) is 0.247. The number of aliphatic carboxylic acids is 1. The highest BCUT2D eigenvalue weighted by molar-refractivity contribution is 5.85. The average Bonchev–Trinajstić information content (AvgIpc) is 3.02. The summed E-state index contributed by atoms with van der Waals surface area (Å²) in [5, 5.41) is 21.4. The molecule has 0 heterocycles. The molecule has 3 rings (SSSR count). The van der Waals surface area contributed by atoms with Gasteiger partial charge in [-0.15, -0.1) is 12.4 Å². The van der Waals surface area contributed by atoms with Crippen molar-refractivity contribution in [2.24, 2.45) is 5.73 Å². The molecule has 0 fully saturated rings. The number of halogens is 1. The Kier molecular flexibility index (Phi) is 8.06. The molecule has 0 aliphatic heterocycles. The van der Waals surface area contributed by atoms with Gasteiger partial charge in [-0.05, 0) is 35.1 Å². The van der Waals surface area contributed by atoms with E-state index in [1.807, 2.05) is 48.5 Å². The Labute approximate surface area is 180 Å². The van der Waals surface area contributed by atoms with E-state index in [0.29, 0.717) is 13.0 Å². The highest BCUT2D eigenvalue weighted by Gasteiger charge is 2.29. The van der Waals surface area contributed by atoms with Gasteiger partial charge in [0.2, 0.25) is 0 Å². The number of fused-ring (bicyclic) bond motifs is 3. The summed E-state index contributed by atoms with van der Waals surface area (Å²) in [6.07, 6.45) is -0.140. The minimum absolute atomic E-state index is 0. The number of carbonyl (C=O) groups excluding carboxylic acids is 1. The molecular weight excluding hydrogens is 408 g/mol. The zero-order valence-corrected chi connectivity index (χ0v) is 17.1. The summed E-state index contributed by atoms with van der Waals surface area (Å²) >= 11 is 0. The summed E-state index contributed by atoms with van der Waals surface area (Å²) in [5.74, 6) is -1.40. The van der Waals surface area contributed by atoms with E-state index in [0.717, 1.165) is 22.3 Å². The lowest BCUT2D eigenvalue weighted by molar-refractivity contribution is -0.139. The number of ether oxygens (including phenoxy) is 1. The monoisotopic (exact) mass is 432 g/mol. The van der Waals surface area contributed by atoms with Crippen LogP contribution in [0.2, 0.25) is 0 Å². The molecule has 0 bridgehead atoms. The Hall–Kier alpha value is -3.26. The number of alkyl carbamates (subject to hydrolysis) is 1. The van der Waals surface area contributed by atoms with Gasteiger partial charge in [-0.3, -0.25) is 5.41 Å². The van der Waals surface area contributed by atoms with Crippen LogP contribution >= 0.6 is 12.4 Å². The van der Waals surface area contributed by atoms with Crippen LogP contribution in [0.5, 0.6) is 0 Å². The van der Waals surface area contributed by atoms with Crippen molar-refractivity contribution in [2.75, 3.05) is 13.2 Å². The van der Waals surface area contributed by atoms with Crippen LogP contribution in [-0.2, 0) is 9.53 Å². The maximum atomic E-state index is 12.2. The fourth-order valence-electron chi connectivity index (χ4n) is 3.57. The van der Waals surface area contributed by atoms with Crippen molar-refractivity contribution in [3.05, 3.63) is 59.7 Å². The Morgan fingerprint density at radius 2 is 1.67 bits per heavy atom. The van der Waals surface area contributed by atoms with Gasteiger partial charge in [-0.1, -0.05) is 48.5 Å². The third-order valence-electron chi connectivity index (χ3n) is 4.92. The molecule has 2 aromatic rings. The Morgan fingerprint density at radius 3 is 2.20 bits per heavy atom. The second-order valence-corrected chi connectivity index (χ2v) is 6.84. The molecule has 0 saturated heterocycles. The van der Waals surface area contributed by atoms with Crippen molar-refractivity contribution >= 4 is 30.4 Å². The largest absolute Gasteiger partial charge is 0.480 e. The van der Waals surface area contributed by atoms with Gasteiger partial charge in [0.1, 0.15) is 12.6 Å². The zero-order chi connectivity index (χ0) is 20.8. The van der Waals surface area contributed by atoms with Crippen LogP contribution in [0.4, 0.5) is 4.79 Å². The lowest BCUT2D eigenvalue weighted by Gasteiger charge is -2.17. The van der Waals surface area contributed by atoms with Crippen LogP contribution in [0, 0.1) is 5.41 Å². The number of guanidine groups is 1. The molecule has 1 aliphatic rings. The van der Waals surface area contributed by atoms with Gasteiger partial charge in [0.25, 0.3) is 0 Å². The first-order valence-electron chi connectivity index (χ1n) is 9.39. The summed E-state index contributed by atoms with van der Waals surface area (Å²) in [5.41, 5.74) is 9.61. The number of hydrogen-bond donors (Lipinski definition) is 5. The van der Waals surface area contributed by atoms with E-state index in [1.165, 1.54) is 0 Å². The molecule has 0 unspecified atom stereocenters. The number of amides is 1. The number of nitrogens with one attached hydrogen (secondary N) is 3. The number of benzene rings is 2. The van der Waals surface area contributed by atoms with Crippen molar-refractivity contribution in [1.82, 2.24) is 10.6 Å². The normalized spacial score (nSPS) is 12.7. The standard InChI is InChI=1S/C21H24N4O4.ClH/c22-20(23)24-11-5-10-18(19(26)27)25-21(28)29-12-17-15-8-3-1-6-13(15)14-7-2-4-9-16(14)17;/h1-4,6-9,17-18H,5,10-12H2,(H,25,28)(H,26,27)(H4,22,23,24);1H/t18-;/m0./s1. The molecule has 1 aliphatic carbocycles. The minimum atomic E-state index is -1.14. The summed E-state index contributed by atoms with van der Waals surface area (Å²) in [6, 6.07) is 14.9. The van der Waals surface area contributed by atoms with E-state index in [-0.39, 0.29) is 37.3 Å². The van der Waals surface area contributed by atoms with Crippen LogP contribution in [0.25, 0.3) is 11.1 Å². The molecule has 0 radical (unpaired) electrons. The molecule has 2 aromatic carbocycles. The number of carboxylic acid groups (broad SMARTS) is 1. The molecule has 1 amide bonds. The third kappa shape index (κ3) is 5.42. The summed E-state index contributed by atoms with van der Waals surface area (Å²) in [4.78, 5) is 23.6. The van der Waals surface area contributed by atoms with Crippen LogP contribution in [0.15, 0.2) is 48.5 Å². The van der Waals surface area contributed by atoms with Crippen molar-refractivity contribution in [2.45, 2.75) is 24.8 Å². The molecule has 160 valence electrons. The van der Waals surface area contributed by atoms with Crippen LogP contribution in [0.3, 0.4) is 0 Å². The van der Waals surface area contributed by atoms with E-state index in [2.05, 4.69) is 10.6 Å². The van der Waals surface area contributed by atoms with Gasteiger partial charge in [0.15, 0.2) is 5.96 Å². The minimum Gasteiger partial charge on any atom is -0.480 e. The average molecular weight is 433 g/mol. The lowest BCUT2D eigenvalue weighted by Crippen LogP contribution is -2.42. The highest BCUT2D eigenvalue weighted by Crippen LogP contribution is 2.44. The Bertz CT molecular complexity index is 876. The number of carboxylic acids is 1. The number of rotatable bonds is 8. The SMILES string of the molecule is Cl.N=C(N)NCCC[C@H](NC(=O)OCC1c2ccccc2-c2ccccc21)C(=O)O. The first kappa shape index (κ1) is 23.0. The molecule has 0 spiro atoms. The Morgan fingerprint density at radius 1 is 1.10 bits per heavy atom. The highest BCUT2D eigenvalue weighted by atomic mass is 35.5. The molecule has 8 nitrogen and oxygen atoms in total. The maximum Gasteiger partial charge on any atom is 0.407 e. The van der Waals surface area contributed by atoms with Gasteiger partial charge in [0.05, 0.1) is 0 Å². The summed E-state index contributed by atoms with van der Waals surface area (Å²) < 4.78 is 5.38. The molecule has 30 heavy (non-hydrogen) atoms. The molecule has 0 saturated carbocycles. The zero-order valence-electron chi connectivity index (χ0n) is 16.3. The molecule has 9 heteroatoms. The second kappa shape index (κ2) is 10.5. The van der Waals surface area contributed by atoms with E-state index in [1.54, 1.807) is 0 Å². The third-order valence-corrected chi connectivity index (χ3v) is 4.92. The lowest BCUT2D eigenvalue weighted by atomic mass is 9.98.